The van der Waals surface area contributed by atoms with Crippen molar-refractivity contribution in [3.63, 3.8) is 0 Å². The van der Waals surface area contributed by atoms with Gasteiger partial charge in [-0.1, -0.05) is 37.3 Å². The van der Waals surface area contributed by atoms with E-state index in [9.17, 15) is 4.79 Å². The van der Waals surface area contributed by atoms with E-state index in [1.807, 2.05) is 45.9 Å². The van der Waals surface area contributed by atoms with Gasteiger partial charge in [-0.2, -0.15) is 0 Å². The summed E-state index contributed by atoms with van der Waals surface area (Å²) in [4.78, 5) is 12.6. The van der Waals surface area contributed by atoms with Crippen molar-refractivity contribution >= 4 is 6.09 Å². The van der Waals surface area contributed by atoms with Gasteiger partial charge in [0.05, 0.1) is 0 Å². The van der Waals surface area contributed by atoms with Crippen LogP contribution in [0.1, 0.15) is 50.2 Å². The summed E-state index contributed by atoms with van der Waals surface area (Å²) < 4.78 is 7.33. The normalized spacial score (nSPS) is 11.5. The highest BCUT2D eigenvalue weighted by Gasteiger charge is 2.23. The summed E-state index contributed by atoms with van der Waals surface area (Å²) in [5.41, 5.74) is 3.84. The zero-order valence-corrected chi connectivity index (χ0v) is 14.1. The quantitative estimate of drug-likeness (QED) is 0.820. The second kappa shape index (κ2) is 6.39. The Balaban J connectivity index is 2.40. The molecular formula is C19H25NO2. The summed E-state index contributed by atoms with van der Waals surface area (Å²) in [5, 5.41) is 0. The largest absolute Gasteiger partial charge is 0.443 e. The van der Waals surface area contributed by atoms with Gasteiger partial charge in [0.2, 0.25) is 0 Å². The van der Waals surface area contributed by atoms with Gasteiger partial charge in [0, 0.05) is 17.8 Å². The third-order valence-corrected chi connectivity index (χ3v) is 3.53. The summed E-state index contributed by atoms with van der Waals surface area (Å²) in [5.74, 6) is 0. The third-order valence-electron chi connectivity index (χ3n) is 3.53. The molecule has 2 rings (SSSR count). The highest BCUT2D eigenvalue weighted by molar-refractivity contribution is 5.74. The van der Waals surface area contributed by atoms with Gasteiger partial charge in [0.15, 0.2) is 0 Å². The maximum atomic E-state index is 12.6. The number of hydrogen-bond donors (Lipinski definition) is 0. The van der Waals surface area contributed by atoms with Gasteiger partial charge in [0.1, 0.15) is 5.60 Å². The van der Waals surface area contributed by atoms with Crippen molar-refractivity contribution < 1.29 is 9.53 Å². The Morgan fingerprint density at radius 2 is 1.82 bits per heavy atom. The molecule has 0 bridgehead atoms. The predicted octanol–water partition coefficient (Wildman–Crippen LogP) is 4.73. The van der Waals surface area contributed by atoms with Gasteiger partial charge in [-0.05, 0) is 51.3 Å². The van der Waals surface area contributed by atoms with Gasteiger partial charge < -0.3 is 4.74 Å². The van der Waals surface area contributed by atoms with Crippen molar-refractivity contribution in [1.82, 2.24) is 4.57 Å². The SMILES string of the molecule is CCc1c(C)cc(Cc2ccccc2)n1C(=O)OC(C)(C)C. The highest BCUT2D eigenvalue weighted by atomic mass is 16.6. The fourth-order valence-electron chi connectivity index (χ4n) is 2.65. The number of aryl methyl sites for hydroxylation is 1. The van der Waals surface area contributed by atoms with E-state index in [1.165, 1.54) is 5.56 Å². The lowest BCUT2D eigenvalue weighted by Gasteiger charge is -2.21. The van der Waals surface area contributed by atoms with E-state index < -0.39 is 5.60 Å². The lowest BCUT2D eigenvalue weighted by atomic mass is 10.1. The molecule has 0 unspecified atom stereocenters. The second-order valence-electron chi connectivity index (χ2n) is 6.60. The number of nitrogens with zero attached hydrogens (tertiary/aromatic N) is 1. The van der Waals surface area contributed by atoms with Crippen LogP contribution in [0.15, 0.2) is 36.4 Å². The van der Waals surface area contributed by atoms with E-state index in [2.05, 4.69) is 25.1 Å². The van der Waals surface area contributed by atoms with Crippen LogP contribution in [0.4, 0.5) is 4.79 Å². The summed E-state index contributed by atoms with van der Waals surface area (Å²) in [6.07, 6.45) is 1.24. The predicted molar refractivity (Wildman–Crippen MR) is 89.4 cm³/mol. The van der Waals surface area contributed by atoms with E-state index in [4.69, 9.17) is 4.74 Å². The monoisotopic (exact) mass is 299 g/mol. The van der Waals surface area contributed by atoms with Gasteiger partial charge in [-0.15, -0.1) is 0 Å². The minimum absolute atomic E-state index is 0.289. The first kappa shape index (κ1) is 16.3. The topological polar surface area (TPSA) is 31.2 Å². The van der Waals surface area contributed by atoms with Crippen molar-refractivity contribution in [1.29, 1.82) is 0 Å². The second-order valence-corrected chi connectivity index (χ2v) is 6.60. The molecule has 118 valence electrons. The third kappa shape index (κ3) is 3.79. The number of carbonyl (C=O) groups excluding carboxylic acids is 1. The molecule has 2 aromatic rings. The zero-order chi connectivity index (χ0) is 16.3. The molecule has 0 aliphatic heterocycles. The first-order valence-electron chi connectivity index (χ1n) is 7.79. The van der Waals surface area contributed by atoms with Crippen LogP contribution in [0, 0.1) is 6.92 Å². The van der Waals surface area contributed by atoms with Gasteiger partial charge in [-0.25, -0.2) is 4.79 Å². The minimum atomic E-state index is -0.496. The molecule has 1 aromatic carbocycles. The smallest absolute Gasteiger partial charge is 0.418 e. The molecule has 0 amide bonds. The zero-order valence-electron chi connectivity index (χ0n) is 14.1. The molecule has 0 aliphatic carbocycles. The van der Waals surface area contributed by atoms with Crippen molar-refractivity contribution in [2.75, 3.05) is 0 Å². The lowest BCUT2D eigenvalue weighted by molar-refractivity contribution is 0.0529. The molecule has 0 saturated heterocycles. The van der Waals surface area contributed by atoms with Gasteiger partial charge >= 0.3 is 6.09 Å². The Morgan fingerprint density at radius 3 is 2.36 bits per heavy atom. The van der Waals surface area contributed by atoms with Crippen LogP contribution in [0.2, 0.25) is 0 Å². The fraction of sp³-hybridized carbons (Fsp3) is 0.421. The van der Waals surface area contributed by atoms with E-state index in [1.54, 1.807) is 4.57 Å². The molecule has 22 heavy (non-hydrogen) atoms. The Morgan fingerprint density at radius 1 is 1.18 bits per heavy atom. The number of benzene rings is 1. The van der Waals surface area contributed by atoms with Crippen molar-refractivity contribution in [3.05, 3.63) is 58.9 Å². The van der Waals surface area contributed by atoms with Crippen LogP contribution in [-0.4, -0.2) is 16.3 Å². The molecule has 1 heterocycles. The van der Waals surface area contributed by atoms with Crippen LogP contribution in [-0.2, 0) is 17.6 Å². The number of rotatable bonds is 3. The Bertz CT molecular complexity index is 648. The summed E-state index contributed by atoms with van der Waals surface area (Å²) in [7, 11) is 0. The maximum Gasteiger partial charge on any atom is 0.418 e. The van der Waals surface area contributed by atoms with E-state index >= 15 is 0 Å². The molecule has 0 saturated carbocycles. The summed E-state index contributed by atoms with van der Waals surface area (Å²) in [6.45, 7) is 9.79. The number of aromatic nitrogens is 1. The number of ether oxygens (including phenoxy) is 1. The van der Waals surface area contributed by atoms with E-state index in [-0.39, 0.29) is 6.09 Å². The molecule has 3 nitrogen and oxygen atoms in total. The average Bonchev–Trinajstić information content (AvgIpc) is 2.73. The minimum Gasteiger partial charge on any atom is -0.443 e. The van der Waals surface area contributed by atoms with E-state index in [0.717, 1.165) is 29.8 Å². The molecule has 0 fully saturated rings. The van der Waals surface area contributed by atoms with Crippen molar-refractivity contribution in [2.24, 2.45) is 0 Å². The molecule has 0 atom stereocenters. The molecule has 0 aliphatic rings. The first-order valence-corrected chi connectivity index (χ1v) is 7.79. The standard InChI is InChI=1S/C19H25NO2/c1-6-17-14(2)12-16(13-15-10-8-7-9-11-15)20(17)18(21)22-19(3,4)5/h7-12H,6,13H2,1-5H3. The van der Waals surface area contributed by atoms with Crippen molar-refractivity contribution in [3.8, 4) is 0 Å². The molecule has 1 aromatic heterocycles. The average molecular weight is 299 g/mol. The first-order chi connectivity index (χ1) is 10.3. The van der Waals surface area contributed by atoms with Crippen LogP contribution < -0.4 is 0 Å². The highest BCUT2D eigenvalue weighted by Crippen LogP contribution is 2.21. The number of hydrogen-bond acceptors (Lipinski definition) is 2. The summed E-state index contributed by atoms with van der Waals surface area (Å²) in [6, 6.07) is 12.3. The Labute approximate surface area is 132 Å². The van der Waals surface area contributed by atoms with Gasteiger partial charge in [-0.3, -0.25) is 4.57 Å². The maximum absolute atomic E-state index is 12.6. The lowest BCUT2D eigenvalue weighted by Crippen LogP contribution is -2.29. The van der Waals surface area contributed by atoms with E-state index in [0.29, 0.717) is 0 Å². The van der Waals surface area contributed by atoms with Crippen LogP contribution in [0.25, 0.3) is 0 Å². The molecule has 3 heteroatoms. The van der Waals surface area contributed by atoms with Crippen LogP contribution in [0.3, 0.4) is 0 Å². The Hall–Kier alpha value is -2.03. The fourth-order valence-corrected chi connectivity index (χ4v) is 2.65. The van der Waals surface area contributed by atoms with Crippen molar-refractivity contribution in [2.45, 2.75) is 53.1 Å². The molecule has 0 N–H and O–H groups in total. The van der Waals surface area contributed by atoms with Crippen LogP contribution in [0.5, 0.6) is 0 Å². The van der Waals surface area contributed by atoms with Gasteiger partial charge in [0.25, 0.3) is 0 Å². The van der Waals surface area contributed by atoms with Crippen LogP contribution >= 0.6 is 0 Å². The Kier molecular flexibility index (Phi) is 4.74. The number of carbonyl (C=O) groups is 1. The molecule has 0 radical (unpaired) electrons. The summed E-state index contributed by atoms with van der Waals surface area (Å²) >= 11 is 0. The molecular weight excluding hydrogens is 274 g/mol. The molecule has 0 spiro atoms.